The summed E-state index contributed by atoms with van der Waals surface area (Å²) in [6.07, 6.45) is 13.4. The number of carbonyl (C=O) groups excluding carboxylic acids is 1. The maximum Gasteiger partial charge on any atom is 0.223 e. The first-order valence-electron chi connectivity index (χ1n) is 11.6. The van der Waals surface area contributed by atoms with Crippen LogP contribution >= 0.6 is 0 Å². The second kappa shape index (κ2) is 10.1. The molecule has 1 saturated heterocycles. The Kier molecular flexibility index (Phi) is 6.97. The fourth-order valence-corrected chi connectivity index (χ4v) is 4.36. The van der Waals surface area contributed by atoms with Crippen LogP contribution in [0, 0.1) is 13.8 Å². The number of carbonyl (C=O) groups is 1. The zero-order chi connectivity index (χ0) is 22.5. The van der Waals surface area contributed by atoms with Crippen LogP contribution in [0.3, 0.4) is 0 Å². The largest absolute Gasteiger partial charge is 0.356 e. The smallest absolute Gasteiger partial charge is 0.223 e. The van der Waals surface area contributed by atoms with Crippen molar-refractivity contribution in [2.24, 2.45) is 0 Å². The lowest BCUT2D eigenvalue weighted by atomic mass is 9.94. The molecule has 170 valence electrons. The van der Waals surface area contributed by atoms with Gasteiger partial charge in [0.05, 0.1) is 29.3 Å². The zero-order valence-corrected chi connectivity index (χ0v) is 19.3. The first-order chi connectivity index (χ1) is 15.6. The number of hydrogen-bond acceptors (Lipinski definition) is 6. The van der Waals surface area contributed by atoms with Crippen LogP contribution in [0.4, 0.5) is 0 Å². The average Bonchev–Trinajstić information content (AvgIpc) is 3.44. The molecule has 1 atom stereocenters. The number of aryl methyl sites for hydroxylation is 3. The van der Waals surface area contributed by atoms with E-state index in [1.54, 1.807) is 12.5 Å². The van der Waals surface area contributed by atoms with Gasteiger partial charge in [-0.15, -0.1) is 0 Å². The molecule has 1 aliphatic heterocycles. The molecule has 0 radical (unpaired) electrons. The number of aromatic nitrogens is 5. The molecule has 4 heterocycles. The Bertz CT molecular complexity index is 1040. The number of piperidine rings is 1. The predicted molar refractivity (Wildman–Crippen MR) is 121 cm³/mol. The van der Waals surface area contributed by atoms with E-state index in [1.807, 2.05) is 35.7 Å². The van der Waals surface area contributed by atoms with E-state index in [0.717, 1.165) is 80.0 Å². The highest BCUT2D eigenvalue weighted by molar-refractivity contribution is 5.77. The summed E-state index contributed by atoms with van der Waals surface area (Å²) < 4.78 is 7.68. The lowest BCUT2D eigenvalue weighted by Crippen LogP contribution is -2.39. The molecule has 8 heteroatoms. The summed E-state index contributed by atoms with van der Waals surface area (Å²) in [5.74, 6) is 1.71. The van der Waals surface area contributed by atoms with Gasteiger partial charge >= 0.3 is 0 Å². The molecule has 1 amide bonds. The molecule has 0 aromatic carbocycles. The van der Waals surface area contributed by atoms with E-state index in [4.69, 9.17) is 9.51 Å². The van der Waals surface area contributed by atoms with Crippen LogP contribution in [0.1, 0.15) is 74.3 Å². The van der Waals surface area contributed by atoms with Gasteiger partial charge in [-0.05, 0) is 46.0 Å². The van der Waals surface area contributed by atoms with E-state index >= 15 is 0 Å². The number of nitrogens with zero attached hydrogens (tertiary/aromatic N) is 6. The Hall–Kier alpha value is -3.03. The zero-order valence-electron chi connectivity index (χ0n) is 19.3. The lowest BCUT2D eigenvalue weighted by Gasteiger charge is -2.36. The Morgan fingerprint density at radius 1 is 1.28 bits per heavy atom. The molecule has 1 aliphatic rings. The van der Waals surface area contributed by atoms with Crippen LogP contribution in [0.5, 0.6) is 0 Å². The maximum atomic E-state index is 13.3. The van der Waals surface area contributed by atoms with Gasteiger partial charge in [0.1, 0.15) is 5.82 Å². The summed E-state index contributed by atoms with van der Waals surface area (Å²) in [4.78, 5) is 28.9. The lowest BCUT2D eigenvalue weighted by molar-refractivity contribution is -0.135. The molecule has 0 N–H and O–H groups in total. The third-order valence-electron chi connectivity index (χ3n) is 6.25. The van der Waals surface area contributed by atoms with Crippen molar-refractivity contribution in [2.75, 3.05) is 6.54 Å². The topological polar surface area (TPSA) is 89.9 Å². The molecular formula is C24H32N6O2. The van der Waals surface area contributed by atoms with Crippen molar-refractivity contribution in [1.82, 2.24) is 29.6 Å². The third kappa shape index (κ3) is 4.74. The average molecular weight is 437 g/mol. The van der Waals surface area contributed by atoms with Crippen LogP contribution < -0.4 is 0 Å². The highest BCUT2D eigenvalue weighted by Crippen LogP contribution is 2.37. The molecule has 0 spiro atoms. The van der Waals surface area contributed by atoms with Crippen molar-refractivity contribution in [3.05, 3.63) is 47.7 Å². The van der Waals surface area contributed by atoms with E-state index in [0.29, 0.717) is 12.2 Å². The second-order valence-corrected chi connectivity index (χ2v) is 8.56. The molecule has 1 unspecified atom stereocenters. The Balaban J connectivity index is 1.61. The van der Waals surface area contributed by atoms with E-state index in [1.165, 1.54) is 0 Å². The van der Waals surface area contributed by atoms with E-state index in [-0.39, 0.29) is 11.9 Å². The van der Waals surface area contributed by atoms with E-state index < -0.39 is 0 Å². The highest BCUT2D eigenvalue weighted by Gasteiger charge is 2.32. The van der Waals surface area contributed by atoms with E-state index in [9.17, 15) is 4.79 Å². The Morgan fingerprint density at radius 2 is 2.16 bits per heavy atom. The quantitative estimate of drug-likeness (QED) is 0.519. The summed E-state index contributed by atoms with van der Waals surface area (Å²) in [5.41, 5.74) is 3.60. The number of imidazole rings is 1. The molecule has 4 rings (SSSR count). The third-order valence-corrected chi connectivity index (χ3v) is 6.25. The fraction of sp³-hybridized carbons (Fsp3) is 0.542. The standard InChI is InChI=1S/C24H32N6O2/c1-4-8-21-26-15-19(24-17(2)18(3)28-32-24)23(27-21)20-9-5-6-13-30(20)22(31)10-7-12-29-14-11-25-16-29/h11,14-16,20H,4-10,12-13H2,1-3H3. The van der Waals surface area contributed by atoms with Gasteiger partial charge in [-0.3, -0.25) is 4.79 Å². The monoisotopic (exact) mass is 436 g/mol. The van der Waals surface area contributed by atoms with Crippen molar-refractivity contribution in [3.63, 3.8) is 0 Å². The van der Waals surface area contributed by atoms with Gasteiger partial charge in [0, 0.05) is 50.1 Å². The van der Waals surface area contributed by atoms with Gasteiger partial charge in [-0.25, -0.2) is 15.0 Å². The minimum Gasteiger partial charge on any atom is -0.356 e. The molecule has 3 aromatic rings. The molecule has 0 saturated carbocycles. The molecular weight excluding hydrogens is 404 g/mol. The van der Waals surface area contributed by atoms with Crippen LogP contribution in [0.15, 0.2) is 29.4 Å². The number of rotatable bonds is 8. The SMILES string of the molecule is CCCc1ncc(-c2onc(C)c2C)c(C2CCCCN2C(=O)CCCn2ccnc2)n1. The van der Waals surface area contributed by atoms with Crippen LogP contribution in [-0.4, -0.2) is 42.0 Å². The maximum absolute atomic E-state index is 13.3. The summed E-state index contributed by atoms with van der Waals surface area (Å²) in [6, 6.07) is -0.0668. The van der Waals surface area contributed by atoms with Crippen LogP contribution in [0.25, 0.3) is 11.3 Å². The molecule has 1 fully saturated rings. The normalized spacial score (nSPS) is 16.5. The first kappa shape index (κ1) is 22.2. The molecule has 0 bridgehead atoms. The van der Waals surface area contributed by atoms with Crippen molar-refractivity contribution < 1.29 is 9.32 Å². The minimum absolute atomic E-state index is 0.0668. The van der Waals surface area contributed by atoms with Crippen LogP contribution in [-0.2, 0) is 17.8 Å². The van der Waals surface area contributed by atoms with Crippen molar-refractivity contribution in [3.8, 4) is 11.3 Å². The molecule has 0 aliphatic carbocycles. The second-order valence-electron chi connectivity index (χ2n) is 8.56. The van der Waals surface area contributed by atoms with Crippen molar-refractivity contribution >= 4 is 5.91 Å². The molecule has 32 heavy (non-hydrogen) atoms. The fourth-order valence-electron chi connectivity index (χ4n) is 4.36. The van der Waals surface area contributed by atoms with Gasteiger partial charge in [0.2, 0.25) is 5.91 Å². The van der Waals surface area contributed by atoms with Crippen LogP contribution in [0.2, 0.25) is 0 Å². The summed E-state index contributed by atoms with van der Waals surface area (Å²) in [5, 5.41) is 4.14. The number of likely N-dealkylation sites (tertiary alicyclic amines) is 1. The summed E-state index contributed by atoms with van der Waals surface area (Å²) >= 11 is 0. The van der Waals surface area contributed by atoms with E-state index in [2.05, 4.69) is 22.0 Å². The Labute approximate surface area is 189 Å². The van der Waals surface area contributed by atoms with Gasteiger partial charge in [0.15, 0.2) is 5.76 Å². The number of amides is 1. The molecule has 8 nitrogen and oxygen atoms in total. The van der Waals surface area contributed by atoms with Gasteiger partial charge < -0.3 is 14.0 Å². The summed E-state index contributed by atoms with van der Waals surface area (Å²) in [6.45, 7) is 7.61. The first-order valence-corrected chi connectivity index (χ1v) is 11.6. The van der Waals surface area contributed by atoms with Crippen molar-refractivity contribution in [2.45, 2.75) is 78.3 Å². The van der Waals surface area contributed by atoms with Gasteiger partial charge in [0.25, 0.3) is 0 Å². The highest BCUT2D eigenvalue weighted by atomic mass is 16.5. The Morgan fingerprint density at radius 3 is 2.88 bits per heavy atom. The minimum atomic E-state index is -0.0668. The van der Waals surface area contributed by atoms with Gasteiger partial charge in [-0.2, -0.15) is 0 Å². The van der Waals surface area contributed by atoms with Gasteiger partial charge in [-0.1, -0.05) is 12.1 Å². The van der Waals surface area contributed by atoms with Crippen molar-refractivity contribution in [1.29, 1.82) is 0 Å². The summed E-state index contributed by atoms with van der Waals surface area (Å²) in [7, 11) is 0. The predicted octanol–water partition coefficient (Wildman–Crippen LogP) is 4.43. The number of hydrogen-bond donors (Lipinski definition) is 0. The molecule has 3 aromatic heterocycles.